The second-order valence-electron chi connectivity index (χ2n) is 5.78. The standard InChI is InChI=1S/C16H25NO4/c18-10-12-3-5-13(6-4-12)16(21)8-15(20)9-17-7-1-2-14(17)11-19/h3-6,14-16,18-21H,1-2,7-11H2/t14-,15+,16-/m0/s1. The minimum atomic E-state index is -0.720. The third-order valence-electron chi connectivity index (χ3n) is 4.20. The van der Waals surface area contributed by atoms with Gasteiger partial charge in [-0.2, -0.15) is 0 Å². The second kappa shape index (κ2) is 7.87. The third-order valence-corrected chi connectivity index (χ3v) is 4.20. The molecule has 1 aliphatic rings. The number of aliphatic hydroxyl groups is 4. The van der Waals surface area contributed by atoms with Crippen LogP contribution in [0.15, 0.2) is 24.3 Å². The molecule has 5 heteroatoms. The maximum atomic E-state index is 10.2. The van der Waals surface area contributed by atoms with Crippen molar-refractivity contribution in [3.63, 3.8) is 0 Å². The normalized spacial score (nSPS) is 22.4. The van der Waals surface area contributed by atoms with E-state index in [1.54, 1.807) is 24.3 Å². The van der Waals surface area contributed by atoms with Crippen molar-refractivity contribution >= 4 is 0 Å². The first-order valence-corrected chi connectivity index (χ1v) is 7.54. The average Bonchev–Trinajstić information content (AvgIpc) is 2.94. The number of benzene rings is 1. The molecule has 3 atom stereocenters. The fourth-order valence-corrected chi connectivity index (χ4v) is 2.93. The van der Waals surface area contributed by atoms with Gasteiger partial charge in [-0.05, 0) is 30.5 Å². The molecule has 0 bridgehead atoms. The number of β-amino-alcohol motifs (C(OH)–C–C–N with tert-alkyl or cyclic N) is 1. The quantitative estimate of drug-likeness (QED) is 0.586. The Hall–Kier alpha value is -0.980. The van der Waals surface area contributed by atoms with E-state index in [-0.39, 0.29) is 25.7 Å². The van der Waals surface area contributed by atoms with E-state index < -0.39 is 12.2 Å². The van der Waals surface area contributed by atoms with Gasteiger partial charge in [-0.3, -0.25) is 4.90 Å². The molecule has 1 heterocycles. The van der Waals surface area contributed by atoms with E-state index in [0.717, 1.165) is 30.5 Å². The maximum absolute atomic E-state index is 10.2. The molecular formula is C16H25NO4. The zero-order valence-corrected chi connectivity index (χ0v) is 12.2. The molecule has 0 spiro atoms. The van der Waals surface area contributed by atoms with Gasteiger partial charge in [0.05, 0.1) is 25.4 Å². The number of rotatable bonds is 7. The molecule has 1 aliphatic heterocycles. The van der Waals surface area contributed by atoms with Crippen molar-refractivity contribution in [2.24, 2.45) is 0 Å². The van der Waals surface area contributed by atoms with Gasteiger partial charge in [0.2, 0.25) is 0 Å². The van der Waals surface area contributed by atoms with Crippen LogP contribution < -0.4 is 0 Å². The Morgan fingerprint density at radius 2 is 1.86 bits per heavy atom. The monoisotopic (exact) mass is 295 g/mol. The van der Waals surface area contributed by atoms with Gasteiger partial charge >= 0.3 is 0 Å². The minimum Gasteiger partial charge on any atom is -0.395 e. The zero-order valence-electron chi connectivity index (χ0n) is 12.2. The van der Waals surface area contributed by atoms with Crippen LogP contribution in [0, 0.1) is 0 Å². The molecule has 0 amide bonds. The lowest BCUT2D eigenvalue weighted by Crippen LogP contribution is -2.38. The third kappa shape index (κ3) is 4.49. The predicted octanol–water partition coefficient (Wildman–Crippen LogP) is 0.420. The SMILES string of the molecule is OCc1ccc([C@@H](O)C[C@@H](O)CN2CCC[C@H]2CO)cc1. The van der Waals surface area contributed by atoms with Gasteiger partial charge in [-0.1, -0.05) is 24.3 Å². The molecular weight excluding hydrogens is 270 g/mol. The molecule has 1 saturated heterocycles. The summed E-state index contributed by atoms with van der Waals surface area (Å²) in [5.74, 6) is 0. The molecule has 0 aromatic heterocycles. The van der Waals surface area contributed by atoms with E-state index in [1.165, 1.54) is 0 Å². The summed E-state index contributed by atoms with van der Waals surface area (Å²) in [6.07, 6.45) is 0.942. The Labute approximate surface area is 125 Å². The van der Waals surface area contributed by atoms with Crippen molar-refractivity contribution in [1.29, 1.82) is 0 Å². The van der Waals surface area contributed by atoms with E-state index in [0.29, 0.717) is 6.54 Å². The lowest BCUT2D eigenvalue weighted by Gasteiger charge is -2.26. The van der Waals surface area contributed by atoms with E-state index in [4.69, 9.17) is 5.11 Å². The summed E-state index contributed by atoms with van der Waals surface area (Å²) in [7, 11) is 0. The Morgan fingerprint density at radius 3 is 2.48 bits per heavy atom. The summed E-state index contributed by atoms with van der Waals surface area (Å²) in [4.78, 5) is 2.09. The Kier molecular flexibility index (Phi) is 6.14. The molecule has 21 heavy (non-hydrogen) atoms. The van der Waals surface area contributed by atoms with Crippen LogP contribution in [-0.4, -0.2) is 57.2 Å². The van der Waals surface area contributed by atoms with Gasteiger partial charge in [0.25, 0.3) is 0 Å². The number of hydrogen-bond donors (Lipinski definition) is 4. The van der Waals surface area contributed by atoms with Crippen molar-refractivity contribution in [3.8, 4) is 0 Å². The van der Waals surface area contributed by atoms with Crippen molar-refractivity contribution in [1.82, 2.24) is 4.90 Å². The molecule has 118 valence electrons. The molecule has 1 aromatic carbocycles. The largest absolute Gasteiger partial charge is 0.395 e. The first-order chi connectivity index (χ1) is 10.1. The van der Waals surface area contributed by atoms with Crippen LogP contribution in [0.25, 0.3) is 0 Å². The molecule has 0 aliphatic carbocycles. The summed E-state index contributed by atoms with van der Waals surface area (Å²) in [6.45, 7) is 1.48. The first-order valence-electron chi connectivity index (χ1n) is 7.54. The smallest absolute Gasteiger partial charge is 0.0815 e. The molecule has 4 N–H and O–H groups in total. The van der Waals surface area contributed by atoms with Crippen LogP contribution in [0.2, 0.25) is 0 Å². The van der Waals surface area contributed by atoms with E-state index in [1.807, 2.05) is 0 Å². The van der Waals surface area contributed by atoms with Gasteiger partial charge in [0.15, 0.2) is 0 Å². The van der Waals surface area contributed by atoms with Crippen molar-refractivity contribution in [3.05, 3.63) is 35.4 Å². The van der Waals surface area contributed by atoms with Crippen molar-refractivity contribution in [2.45, 2.75) is 44.1 Å². The molecule has 0 saturated carbocycles. The van der Waals surface area contributed by atoms with E-state index >= 15 is 0 Å². The van der Waals surface area contributed by atoms with Crippen LogP contribution in [0.4, 0.5) is 0 Å². The molecule has 1 aromatic rings. The Balaban J connectivity index is 1.84. The van der Waals surface area contributed by atoms with Crippen LogP contribution in [0.3, 0.4) is 0 Å². The summed E-state index contributed by atoms with van der Waals surface area (Å²) in [6, 6.07) is 7.23. The first kappa shape index (κ1) is 16.4. The second-order valence-corrected chi connectivity index (χ2v) is 5.78. The highest BCUT2D eigenvalue weighted by Crippen LogP contribution is 2.22. The molecule has 0 radical (unpaired) electrons. The maximum Gasteiger partial charge on any atom is 0.0815 e. The topological polar surface area (TPSA) is 84.2 Å². The highest BCUT2D eigenvalue weighted by molar-refractivity contribution is 5.23. The van der Waals surface area contributed by atoms with Gasteiger partial charge in [-0.15, -0.1) is 0 Å². The van der Waals surface area contributed by atoms with Crippen LogP contribution in [0.1, 0.15) is 36.5 Å². The van der Waals surface area contributed by atoms with Gasteiger partial charge in [-0.25, -0.2) is 0 Å². The Bertz CT molecular complexity index is 423. The highest BCUT2D eigenvalue weighted by atomic mass is 16.3. The predicted molar refractivity (Wildman–Crippen MR) is 79.6 cm³/mol. The van der Waals surface area contributed by atoms with Crippen LogP contribution in [-0.2, 0) is 6.61 Å². The average molecular weight is 295 g/mol. The fraction of sp³-hybridized carbons (Fsp3) is 0.625. The highest BCUT2D eigenvalue weighted by Gasteiger charge is 2.26. The lowest BCUT2D eigenvalue weighted by molar-refractivity contribution is 0.0428. The number of aliphatic hydroxyl groups excluding tert-OH is 4. The van der Waals surface area contributed by atoms with Gasteiger partial charge in [0, 0.05) is 19.0 Å². The summed E-state index contributed by atoms with van der Waals surface area (Å²) in [5, 5.41) is 38.6. The van der Waals surface area contributed by atoms with Crippen LogP contribution in [0.5, 0.6) is 0 Å². The fourth-order valence-electron chi connectivity index (χ4n) is 2.93. The molecule has 5 nitrogen and oxygen atoms in total. The summed E-state index contributed by atoms with van der Waals surface area (Å²) in [5.41, 5.74) is 1.54. The minimum absolute atomic E-state index is 0.0174. The molecule has 1 fully saturated rings. The van der Waals surface area contributed by atoms with E-state index in [2.05, 4.69) is 4.90 Å². The Morgan fingerprint density at radius 1 is 1.14 bits per heavy atom. The van der Waals surface area contributed by atoms with Crippen LogP contribution >= 0.6 is 0 Å². The van der Waals surface area contributed by atoms with Gasteiger partial charge in [0.1, 0.15) is 0 Å². The number of hydrogen-bond acceptors (Lipinski definition) is 5. The summed E-state index contributed by atoms with van der Waals surface area (Å²) < 4.78 is 0. The van der Waals surface area contributed by atoms with Crippen molar-refractivity contribution in [2.75, 3.05) is 19.7 Å². The number of likely N-dealkylation sites (tertiary alicyclic amines) is 1. The zero-order chi connectivity index (χ0) is 15.2. The summed E-state index contributed by atoms with van der Waals surface area (Å²) >= 11 is 0. The van der Waals surface area contributed by atoms with E-state index in [9.17, 15) is 15.3 Å². The van der Waals surface area contributed by atoms with Gasteiger partial charge < -0.3 is 20.4 Å². The molecule has 2 rings (SSSR count). The number of nitrogens with zero attached hydrogens (tertiary/aromatic N) is 1. The molecule has 0 unspecified atom stereocenters. The van der Waals surface area contributed by atoms with Crippen molar-refractivity contribution < 1.29 is 20.4 Å². The lowest BCUT2D eigenvalue weighted by atomic mass is 10.0.